The average molecular weight is 533 g/mol. The molecule has 3 unspecified atom stereocenters. The van der Waals surface area contributed by atoms with Crippen molar-refractivity contribution in [1.82, 2.24) is 10.6 Å². The molecule has 8 nitrogen and oxygen atoms in total. The highest BCUT2D eigenvalue weighted by atomic mass is 19.3. The minimum atomic E-state index is -4.69. The van der Waals surface area contributed by atoms with Crippen molar-refractivity contribution < 1.29 is 46.5 Å². The van der Waals surface area contributed by atoms with Crippen molar-refractivity contribution in [3.05, 3.63) is 35.4 Å². The maximum Gasteiger partial charge on any atom is 0.502 e. The van der Waals surface area contributed by atoms with Crippen LogP contribution < -0.4 is 15.4 Å². The Labute approximate surface area is 212 Å². The quantitative estimate of drug-likeness (QED) is 0.420. The van der Waals surface area contributed by atoms with E-state index >= 15 is 0 Å². The molecule has 37 heavy (non-hydrogen) atoms. The van der Waals surface area contributed by atoms with E-state index in [1.54, 1.807) is 26.8 Å². The van der Waals surface area contributed by atoms with Crippen molar-refractivity contribution in [3.8, 4) is 5.75 Å². The van der Waals surface area contributed by atoms with Gasteiger partial charge in [0.05, 0.1) is 18.8 Å². The van der Waals surface area contributed by atoms with Crippen molar-refractivity contribution in [2.75, 3.05) is 13.2 Å². The number of hydrogen-bond donors (Lipinski definition) is 3. The van der Waals surface area contributed by atoms with E-state index in [2.05, 4.69) is 15.4 Å². The number of halogens is 4. The van der Waals surface area contributed by atoms with Gasteiger partial charge in [0.2, 0.25) is 0 Å². The highest BCUT2D eigenvalue weighted by Gasteiger charge is 2.44. The van der Waals surface area contributed by atoms with Gasteiger partial charge in [-0.1, -0.05) is 6.08 Å². The van der Waals surface area contributed by atoms with Gasteiger partial charge in [-0.15, -0.1) is 0 Å². The first-order chi connectivity index (χ1) is 17.2. The Morgan fingerprint density at radius 1 is 1.19 bits per heavy atom. The molecule has 1 amide bonds. The Bertz CT molecular complexity index is 1030. The molecule has 0 saturated carbocycles. The SMILES string of the molecule is CC(C)(C)OC(=O)NC1CCCNC1COC1CC=C(c2cc(F)cc(F)c2OC(F)(F)C(=O)O)CC1. The van der Waals surface area contributed by atoms with Crippen LogP contribution in [0.5, 0.6) is 5.75 Å². The van der Waals surface area contributed by atoms with Crippen LogP contribution in [0, 0.1) is 11.6 Å². The molecule has 3 rings (SSSR count). The predicted octanol–water partition coefficient (Wildman–Crippen LogP) is 4.62. The molecule has 1 aliphatic heterocycles. The summed E-state index contributed by atoms with van der Waals surface area (Å²) in [5.74, 6) is -6.06. The number of aliphatic carboxylic acids is 1. The number of carboxylic acids is 1. The van der Waals surface area contributed by atoms with Crippen LogP contribution in [0.1, 0.15) is 58.4 Å². The van der Waals surface area contributed by atoms with Crippen molar-refractivity contribution in [1.29, 1.82) is 0 Å². The third-order valence-corrected chi connectivity index (χ3v) is 5.99. The predicted molar refractivity (Wildman–Crippen MR) is 125 cm³/mol. The molecule has 2 aliphatic rings. The highest BCUT2D eigenvalue weighted by molar-refractivity contribution is 5.76. The number of carbonyl (C=O) groups excluding carboxylic acids is 1. The summed E-state index contributed by atoms with van der Waals surface area (Å²) in [5.41, 5.74) is -0.550. The number of carbonyl (C=O) groups is 2. The van der Waals surface area contributed by atoms with E-state index in [9.17, 15) is 27.2 Å². The summed E-state index contributed by atoms with van der Waals surface area (Å²) in [4.78, 5) is 22.9. The van der Waals surface area contributed by atoms with Crippen LogP contribution in [-0.4, -0.2) is 60.2 Å². The molecule has 206 valence electrons. The molecule has 1 aromatic rings. The number of amides is 1. The minimum absolute atomic E-state index is 0.151. The van der Waals surface area contributed by atoms with Gasteiger partial charge in [-0.3, -0.25) is 0 Å². The van der Waals surface area contributed by atoms with Crippen molar-refractivity contribution in [2.24, 2.45) is 0 Å². The number of nitrogens with one attached hydrogen (secondary N) is 2. The van der Waals surface area contributed by atoms with Gasteiger partial charge in [0, 0.05) is 17.7 Å². The molecule has 0 aromatic heterocycles. The Kier molecular flexibility index (Phi) is 9.06. The summed E-state index contributed by atoms with van der Waals surface area (Å²) in [7, 11) is 0. The lowest BCUT2D eigenvalue weighted by Gasteiger charge is -2.35. The second-order valence-corrected chi connectivity index (χ2v) is 10.1. The topological polar surface area (TPSA) is 106 Å². The summed E-state index contributed by atoms with van der Waals surface area (Å²) in [5, 5.41) is 14.8. The highest BCUT2D eigenvalue weighted by Crippen LogP contribution is 2.38. The van der Waals surface area contributed by atoms with Crippen LogP contribution in [-0.2, 0) is 14.3 Å². The first kappa shape index (κ1) is 28.7. The fourth-order valence-electron chi connectivity index (χ4n) is 4.28. The van der Waals surface area contributed by atoms with Crippen LogP contribution in [0.15, 0.2) is 18.2 Å². The van der Waals surface area contributed by atoms with Crippen LogP contribution in [0.25, 0.3) is 5.57 Å². The van der Waals surface area contributed by atoms with Gasteiger partial charge in [0.1, 0.15) is 11.4 Å². The third-order valence-electron chi connectivity index (χ3n) is 5.99. The molecule has 1 fully saturated rings. The molecule has 0 radical (unpaired) electrons. The molecule has 1 heterocycles. The zero-order chi connectivity index (χ0) is 27.4. The van der Waals surface area contributed by atoms with E-state index in [1.807, 2.05) is 0 Å². The number of hydrogen-bond acceptors (Lipinski definition) is 6. The molecule has 12 heteroatoms. The van der Waals surface area contributed by atoms with Crippen molar-refractivity contribution >= 4 is 17.6 Å². The molecular weight excluding hydrogens is 500 g/mol. The number of piperidine rings is 1. The van der Waals surface area contributed by atoms with E-state index in [1.165, 1.54) is 0 Å². The molecule has 3 N–H and O–H groups in total. The second kappa shape index (κ2) is 11.7. The van der Waals surface area contributed by atoms with E-state index in [4.69, 9.17) is 14.6 Å². The standard InChI is InChI=1S/C25H32F4N2O6/c1-24(2,3)37-23(34)31-19-5-4-10-30-20(19)13-35-16-8-6-14(7-9-16)17-11-15(26)12-18(27)21(17)36-25(28,29)22(32)33/h6,11-12,16,19-20,30H,4-5,7-10,13H2,1-3H3,(H,31,34)(H,32,33). The fourth-order valence-corrected chi connectivity index (χ4v) is 4.28. The van der Waals surface area contributed by atoms with Crippen LogP contribution >= 0.6 is 0 Å². The van der Waals surface area contributed by atoms with E-state index in [0.29, 0.717) is 31.1 Å². The Balaban J connectivity index is 1.63. The number of allylic oxidation sites excluding steroid dienone is 1. The summed E-state index contributed by atoms with van der Waals surface area (Å²) < 4.78 is 71.0. The van der Waals surface area contributed by atoms with E-state index < -0.39 is 41.2 Å². The Hall–Kier alpha value is -2.86. The third kappa shape index (κ3) is 8.06. The Morgan fingerprint density at radius 2 is 1.92 bits per heavy atom. The zero-order valence-electron chi connectivity index (χ0n) is 20.9. The maximum atomic E-state index is 14.3. The van der Waals surface area contributed by atoms with Crippen LogP contribution in [0.4, 0.5) is 22.4 Å². The first-order valence-corrected chi connectivity index (χ1v) is 12.1. The van der Waals surface area contributed by atoms with E-state index in [0.717, 1.165) is 25.5 Å². The second-order valence-electron chi connectivity index (χ2n) is 10.1. The van der Waals surface area contributed by atoms with Gasteiger partial charge >= 0.3 is 18.2 Å². The number of carboxylic acid groups (broad SMARTS) is 1. The number of benzene rings is 1. The smallest absolute Gasteiger partial charge is 0.474 e. The largest absolute Gasteiger partial charge is 0.502 e. The lowest BCUT2D eigenvalue weighted by Crippen LogP contribution is -2.56. The van der Waals surface area contributed by atoms with Gasteiger partial charge in [-0.25, -0.2) is 18.4 Å². The molecule has 0 spiro atoms. The molecule has 0 bridgehead atoms. The lowest BCUT2D eigenvalue weighted by atomic mass is 9.91. The van der Waals surface area contributed by atoms with Crippen LogP contribution in [0.3, 0.4) is 0 Å². The summed E-state index contributed by atoms with van der Waals surface area (Å²) >= 11 is 0. The number of alkyl halides is 2. The van der Waals surface area contributed by atoms with Crippen molar-refractivity contribution in [2.45, 2.75) is 82.8 Å². The Morgan fingerprint density at radius 3 is 2.54 bits per heavy atom. The van der Waals surface area contributed by atoms with Gasteiger partial charge in [-0.05, 0) is 71.1 Å². The summed E-state index contributed by atoms with van der Waals surface area (Å²) in [6, 6.07) is 0.846. The zero-order valence-corrected chi connectivity index (χ0v) is 20.9. The monoisotopic (exact) mass is 532 g/mol. The first-order valence-electron chi connectivity index (χ1n) is 12.1. The fraction of sp³-hybridized carbons (Fsp3) is 0.600. The summed E-state index contributed by atoms with van der Waals surface area (Å²) in [6.45, 7) is 6.40. The van der Waals surface area contributed by atoms with Crippen molar-refractivity contribution in [3.63, 3.8) is 0 Å². The van der Waals surface area contributed by atoms with Gasteiger partial charge in [-0.2, -0.15) is 8.78 Å². The van der Waals surface area contributed by atoms with E-state index in [-0.39, 0.29) is 30.2 Å². The minimum Gasteiger partial charge on any atom is -0.474 e. The van der Waals surface area contributed by atoms with Gasteiger partial charge in [0.15, 0.2) is 11.6 Å². The van der Waals surface area contributed by atoms with Crippen LogP contribution in [0.2, 0.25) is 0 Å². The number of alkyl carbamates (subject to hydrolysis) is 1. The average Bonchev–Trinajstić information content (AvgIpc) is 2.79. The maximum absolute atomic E-state index is 14.3. The number of rotatable bonds is 8. The molecule has 1 aliphatic carbocycles. The molecule has 3 atom stereocenters. The molecular formula is C25H32F4N2O6. The molecule has 1 saturated heterocycles. The number of ether oxygens (including phenoxy) is 3. The molecule has 1 aromatic carbocycles. The normalized spacial score (nSPS) is 22.7. The van der Waals surface area contributed by atoms with Gasteiger partial charge in [0.25, 0.3) is 0 Å². The summed E-state index contributed by atoms with van der Waals surface area (Å²) in [6.07, 6.45) is -1.21. The lowest BCUT2D eigenvalue weighted by molar-refractivity contribution is -0.211. The van der Waals surface area contributed by atoms with Gasteiger partial charge < -0.3 is 30.0 Å².